The second-order valence-electron chi connectivity index (χ2n) is 5.32. The summed E-state index contributed by atoms with van der Waals surface area (Å²) < 4.78 is 13.6. The van der Waals surface area contributed by atoms with E-state index >= 15 is 0 Å². The zero-order valence-electron chi connectivity index (χ0n) is 10.5. The number of piperidine rings is 1. The summed E-state index contributed by atoms with van der Waals surface area (Å²) in [5.74, 6) is -0.164. The number of rotatable bonds is 2. The van der Waals surface area contributed by atoms with E-state index in [2.05, 4.69) is 4.90 Å². The second kappa shape index (κ2) is 4.75. The zero-order chi connectivity index (χ0) is 12.5. The van der Waals surface area contributed by atoms with Gasteiger partial charge in [0.25, 0.3) is 0 Å². The molecule has 1 aromatic rings. The molecule has 0 amide bonds. The summed E-state index contributed by atoms with van der Waals surface area (Å²) in [5, 5.41) is 10.0. The molecule has 0 aromatic heterocycles. The molecule has 1 unspecified atom stereocenters. The van der Waals surface area contributed by atoms with Crippen LogP contribution >= 0.6 is 0 Å². The molecule has 0 aliphatic carbocycles. The predicted molar refractivity (Wildman–Crippen MR) is 66.1 cm³/mol. The minimum absolute atomic E-state index is 0.164. The fraction of sp³-hybridized carbons (Fsp3) is 0.571. The van der Waals surface area contributed by atoms with Gasteiger partial charge < -0.3 is 5.11 Å². The Bertz CT molecular complexity index is 392. The number of benzene rings is 1. The fourth-order valence-corrected chi connectivity index (χ4v) is 2.44. The van der Waals surface area contributed by atoms with Crippen LogP contribution in [0.4, 0.5) is 4.39 Å². The van der Waals surface area contributed by atoms with Crippen molar-refractivity contribution in [3.8, 4) is 0 Å². The van der Waals surface area contributed by atoms with E-state index in [4.69, 9.17) is 0 Å². The van der Waals surface area contributed by atoms with Gasteiger partial charge in [-0.3, -0.25) is 4.90 Å². The summed E-state index contributed by atoms with van der Waals surface area (Å²) >= 11 is 0. The van der Waals surface area contributed by atoms with E-state index in [1.165, 1.54) is 6.07 Å². The fourth-order valence-electron chi connectivity index (χ4n) is 2.44. The Morgan fingerprint density at radius 3 is 2.82 bits per heavy atom. The first-order valence-corrected chi connectivity index (χ1v) is 6.18. The van der Waals surface area contributed by atoms with Crippen LogP contribution in [0.2, 0.25) is 0 Å². The van der Waals surface area contributed by atoms with Gasteiger partial charge in [-0.15, -0.1) is 0 Å². The molecule has 94 valence electrons. The van der Waals surface area contributed by atoms with Gasteiger partial charge in [0.15, 0.2) is 0 Å². The average Bonchev–Trinajstić information content (AvgIpc) is 2.28. The largest absolute Gasteiger partial charge is 0.391 e. The summed E-state index contributed by atoms with van der Waals surface area (Å²) in [4.78, 5) is 2.17. The third-order valence-electron chi connectivity index (χ3n) is 3.86. The lowest BCUT2D eigenvalue weighted by Gasteiger charge is -2.46. The van der Waals surface area contributed by atoms with E-state index in [1.54, 1.807) is 6.07 Å². The molecule has 1 atom stereocenters. The Balaban J connectivity index is 2.15. The molecule has 1 saturated heterocycles. The maximum Gasteiger partial charge on any atom is 0.127 e. The SMILES string of the molecule is CC1(C)C(O)CCCN1Cc1ccccc1F. The molecule has 0 bridgehead atoms. The molecule has 0 radical (unpaired) electrons. The molecule has 3 heteroatoms. The van der Waals surface area contributed by atoms with Crippen molar-refractivity contribution < 1.29 is 9.50 Å². The summed E-state index contributed by atoms with van der Waals surface area (Å²) in [6.07, 6.45) is 1.47. The molecule has 2 nitrogen and oxygen atoms in total. The number of aliphatic hydroxyl groups is 1. The Morgan fingerprint density at radius 1 is 1.41 bits per heavy atom. The molecule has 1 aliphatic heterocycles. The molecule has 1 N–H and O–H groups in total. The standard InChI is InChI=1S/C14H20FNO/c1-14(2)13(17)8-5-9-16(14)10-11-6-3-4-7-12(11)15/h3-4,6-7,13,17H,5,8-10H2,1-2H3. The lowest BCUT2D eigenvalue weighted by atomic mass is 9.87. The normalized spacial score (nSPS) is 24.8. The van der Waals surface area contributed by atoms with Gasteiger partial charge in [0.1, 0.15) is 5.82 Å². The second-order valence-corrected chi connectivity index (χ2v) is 5.32. The van der Waals surface area contributed by atoms with Crippen molar-refractivity contribution in [1.82, 2.24) is 4.90 Å². The molecule has 0 saturated carbocycles. The zero-order valence-corrected chi connectivity index (χ0v) is 10.5. The van der Waals surface area contributed by atoms with Crippen LogP contribution in [-0.2, 0) is 6.54 Å². The molecular weight excluding hydrogens is 217 g/mol. The minimum atomic E-state index is -0.331. The van der Waals surface area contributed by atoms with Crippen molar-refractivity contribution >= 4 is 0 Å². The molecule has 1 aromatic carbocycles. The van der Waals surface area contributed by atoms with Crippen LogP contribution in [-0.4, -0.2) is 28.2 Å². The number of likely N-dealkylation sites (tertiary alicyclic amines) is 1. The lowest BCUT2D eigenvalue weighted by molar-refractivity contribution is -0.0485. The maximum atomic E-state index is 13.6. The van der Waals surface area contributed by atoms with Gasteiger partial charge in [0.2, 0.25) is 0 Å². The van der Waals surface area contributed by atoms with Crippen molar-refractivity contribution in [1.29, 1.82) is 0 Å². The van der Waals surface area contributed by atoms with Crippen LogP contribution < -0.4 is 0 Å². The van der Waals surface area contributed by atoms with E-state index in [0.717, 1.165) is 19.4 Å². The van der Waals surface area contributed by atoms with Crippen molar-refractivity contribution in [2.75, 3.05) is 6.54 Å². The monoisotopic (exact) mass is 237 g/mol. The molecule has 2 rings (SSSR count). The first kappa shape index (κ1) is 12.5. The highest BCUT2D eigenvalue weighted by atomic mass is 19.1. The third-order valence-corrected chi connectivity index (χ3v) is 3.86. The molecule has 17 heavy (non-hydrogen) atoms. The van der Waals surface area contributed by atoms with Gasteiger partial charge in [-0.1, -0.05) is 18.2 Å². The molecule has 1 aliphatic rings. The van der Waals surface area contributed by atoms with Crippen molar-refractivity contribution in [3.05, 3.63) is 35.6 Å². The first-order valence-electron chi connectivity index (χ1n) is 6.18. The van der Waals surface area contributed by atoms with Crippen molar-refractivity contribution in [3.63, 3.8) is 0 Å². The minimum Gasteiger partial charge on any atom is -0.391 e. The molecule has 0 spiro atoms. The van der Waals surface area contributed by atoms with Crippen molar-refractivity contribution in [2.45, 2.75) is 44.9 Å². The van der Waals surface area contributed by atoms with Crippen molar-refractivity contribution in [2.24, 2.45) is 0 Å². The van der Waals surface area contributed by atoms with Crippen LogP contribution in [0.5, 0.6) is 0 Å². The summed E-state index contributed by atoms with van der Waals surface area (Å²) in [5.41, 5.74) is 0.426. The van der Waals surface area contributed by atoms with Gasteiger partial charge in [0.05, 0.1) is 6.10 Å². The van der Waals surface area contributed by atoms with Crippen LogP contribution in [0.1, 0.15) is 32.3 Å². The first-order chi connectivity index (χ1) is 8.01. The number of nitrogens with zero attached hydrogens (tertiary/aromatic N) is 1. The average molecular weight is 237 g/mol. The highest BCUT2D eigenvalue weighted by Gasteiger charge is 2.37. The van der Waals surface area contributed by atoms with Crippen LogP contribution in [0.3, 0.4) is 0 Å². The Labute approximate surface area is 102 Å². The summed E-state index contributed by atoms with van der Waals surface area (Å²) in [6.45, 7) is 5.53. The molecule has 1 heterocycles. The van der Waals surface area contributed by atoms with E-state index in [1.807, 2.05) is 26.0 Å². The molecule has 1 fully saturated rings. The summed E-state index contributed by atoms with van der Waals surface area (Å²) in [7, 11) is 0. The number of halogens is 1. The number of aliphatic hydroxyl groups excluding tert-OH is 1. The number of hydrogen-bond donors (Lipinski definition) is 1. The topological polar surface area (TPSA) is 23.5 Å². The van der Waals surface area contributed by atoms with E-state index in [-0.39, 0.29) is 17.5 Å². The van der Waals surface area contributed by atoms with E-state index < -0.39 is 0 Å². The third kappa shape index (κ3) is 2.50. The lowest BCUT2D eigenvalue weighted by Crippen LogP contribution is -2.55. The van der Waals surface area contributed by atoms with E-state index in [0.29, 0.717) is 12.1 Å². The summed E-state index contributed by atoms with van der Waals surface area (Å²) in [6, 6.07) is 6.86. The van der Waals surface area contributed by atoms with Gasteiger partial charge in [-0.2, -0.15) is 0 Å². The Hall–Kier alpha value is -0.930. The van der Waals surface area contributed by atoms with Crippen LogP contribution in [0.15, 0.2) is 24.3 Å². The van der Waals surface area contributed by atoms with Crippen LogP contribution in [0.25, 0.3) is 0 Å². The van der Waals surface area contributed by atoms with Gasteiger partial charge in [0, 0.05) is 17.6 Å². The number of hydrogen-bond acceptors (Lipinski definition) is 2. The highest BCUT2D eigenvalue weighted by Crippen LogP contribution is 2.29. The smallest absolute Gasteiger partial charge is 0.127 e. The highest BCUT2D eigenvalue weighted by molar-refractivity contribution is 5.17. The Kier molecular flexibility index (Phi) is 3.50. The van der Waals surface area contributed by atoms with Crippen LogP contribution in [0, 0.1) is 5.82 Å². The predicted octanol–water partition coefficient (Wildman–Crippen LogP) is 2.56. The Morgan fingerprint density at radius 2 is 2.12 bits per heavy atom. The van der Waals surface area contributed by atoms with E-state index in [9.17, 15) is 9.50 Å². The quantitative estimate of drug-likeness (QED) is 0.854. The van der Waals surface area contributed by atoms with Gasteiger partial charge in [-0.25, -0.2) is 4.39 Å². The maximum absolute atomic E-state index is 13.6. The molecular formula is C14H20FNO. The van der Waals surface area contributed by atoms with Gasteiger partial charge >= 0.3 is 0 Å². The van der Waals surface area contributed by atoms with Gasteiger partial charge in [-0.05, 0) is 39.3 Å².